The van der Waals surface area contributed by atoms with Crippen LogP contribution in [0.5, 0.6) is 0 Å². The van der Waals surface area contributed by atoms with Crippen molar-refractivity contribution < 1.29 is 19.1 Å². The molecule has 2 atom stereocenters. The number of carbonyl (C=O) groups excluding carboxylic acids is 2. The molecule has 5 heteroatoms. The first-order valence-electron chi connectivity index (χ1n) is 6.59. The van der Waals surface area contributed by atoms with E-state index in [1.807, 2.05) is 20.8 Å². The van der Waals surface area contributed by atoms with Crippen LogP contribution in [0.3, 0.4) is 0 Å². The van der Waals surface area contributed by atoms with Crippen molar-refractivity contribution in [3.8, 4) is 0 Å². The minimum Gasteiger partial charge on any atom is -0.466 e. The number of cyclic esters (lactones) is 1. The van der Waals surface area contributed by atoms with E-state index in [-0.39, 0.29) is 18.1 Å². The van der Waals surface area contributed by atoms with Crippen LogP contribution >= 0.6 is 0 Å². The lowest BCUT2D eigenvalue weighted by atomic mass is 9.82. The quantitative estimate of drug-likeness (QED) is 0.723. The van der Waals surface area contributed by atoms with E-state index < -0.39 is 5.60 Å². The molecule has 18 heavy (non-hydrogen) atoms. The number of amides is 1. The standard InChI is InChI=1S/C13H21NO4/c1-4-17-11(15)8-9-5-6-14-10(7-9)13(2,3)18-12(14)16/h9-10H,4-8H2,1-3H3. The lowest BCUT2D eigenvalue weighted by Gasteiger charge is -2.36. The molecule has 0 aliphatic carbocycles. The first-order valence-corrected chi connectivity index (χ1v) is 6.59. The maximum Gasteiger partial charge on any atom is 0.410 e. The molecule has 1 amide bonds. The molecule has 0 spiro atoms. The monoisotopic (exact) mass is 255 g/mol. The Labute approximate surface area is 107 Å². The van der Waals surface area contributed by atoms with E-state index >= 15 is 0 Å². The normalized spacial score (nSPS) is 29.7. The third kappa shape index (κ3) is 2.44. The largest absolute Gasteiger partial charge is 0.466 e. The predicted octanol–water partition coefficient (Wildman–Crippen LogP) is 1.95. The second kappa shape index (κ2) is 4.78. The van der Waals surface area contributed by atoms with Crippen molar-refractivity contribution >= 4 is 12.1 Å². The molecule has 5 nitrogen and oxygen atoms in total. The first kappa shape index (κ1) is 13.2. The summed E-state index contributed by atoms with van der Waals surface area (Å²) in [6.45, 7) is 6.78. The van der Waals surface area contributed by atoms with Gasteiger partial charge in [0.15, 0.2) is 0 Å². The maximum atomic E-state index is 11.7. The molecule has 0 radical (unpaired) electrons. The molecule has 102 valence electrons. The summed E-state index contributed by atoms with van der Waals surface area (Å²) in [5.74, 6) is 0.151. The molecule has 0 aromatic rings. The van der Waals surface area contributed by atoms with Crippen molar-refractivity contribution in [3.63, 3.8) is 0 Å². The van der Waals surface area contributed by atoms with Gasteiger partial charge in [0.2, 0.25) is 0 Å². The van der Waals surface area contributed by atoms with Crippen LogP contribution in [0.2, 0.25) is 0 Å². The maximum absolute atomic E-state index is 11.7. The molecule has 2 saturated heterocycles. The van der Waals surface area contributed by atoms with Crippen LogP contribution in [0.1, 0.15) is 40.0 Å². The van der Waals surface area contributed by atoms with Gasteiger partial charge >= 0.3 is 12.1 Å². The minimum absolute atomic E-state index is 0.0816. The van der Waals surface area contributed by atoms with Crippen molar-refractivity contribution in [1.82, 2.24) is 4.90 Å². The van der Waals surface area contributed by atoms with Crippen LogP contribution in [-0.2, 0) is 14.3 Å². The zero-order valence-electron chi connectivity index (χ0n) is 11.3. The lowest BCUT2D eigenvalue weighted by Crippen LogP contribution is -2.47. The second-order valence-corrected chi connectivity index (χ2v) is 5.58. The summed E-state index contributed by atoms with van der Waals surface area (Å²) in [5.41, 5.74) is -0.454. The Hall–Kier alpha value is -1.26. The van der Waals surface area contributed by atoms with E-state index in [1.165, 1.54) is 0 Å². The van der Waals surface area contributed by atoms with E-state index in [4.69, 9.17) is 9.47 Å². The third-order valence-corrected chi connectivity index (χ3v) is 3.86. The highest BCUT2D eigenvalue weighted by Gasteiger charge is 2.50. The van der Waals surface area contributed by atoms with Crippen molar-refractivity contribution in [2.24, 2.45) is 5.92 Å². The van der Waals surface area contributed by atoms with E-state index in [0.717, 1.165) is 12.8 Å². The molecule has 0 saturated carbocycles. The summed E-state index contributed by atoms with van der Waals surface area (Å²) >= 11 is 0. The van der Waals surface area contributed by atoms with Crippen molar-refractivity contribution in [2.45, 2.75) is 51.7 Å². The highest BCUT2D eigenvalue weighted by Crippen LogP contribution is 2.38. The zero-order chi connectivity index (χ0) is 13.3. The smallest absolute Gasteiger partial charge is 0.410 e. The van der Waals surface area contributed by atoms with Crippen LogP contribution in [0, 0.1) is 5.92 Å². The molecule has 2 heterocycles. The predicted molar refractivity (Wildman–Crippen MR) is 65.0 cm³/mol. The molecule has 2 aliphatic heterocycles. The molecular weight excluding hydrogens is 234 g/mol. The zero-order valence-corrected chi connectivity index (χ0v) is 11.3. The Kier molecular flexibility index (Phi) is 3.50. The number of esters is 1. The molecule has 2 aliphatic rings. The van der Waals surface area contributed by atoms with E-state index in [9.17, 15) is 9.59 Å². The van der Waals surface area contributed by atoms with E-state index in [2.05, 4.69) is 0 Å². The van der Waals surface area contributed by atoms with Crippen LogP contribution in [-0.4, -0.2) is 41.8 Å². The summed E-state index contributed by atoms with van der Waals surface area (Å²) < 4.78 is 10.3. The molecule has 0 aromatic heterocycles. The Morgan fingerprint density at radius 2 is 2.28 bits per heavy atom. The second-order valence-electron chi connectivity index (χ2n) is 5.58. The molecular formula is C13H21NO4. The van der Waals surface area contributed by atoms with Crippen molar-refractivity contribution in [2.75, 3.05) is 13.2 Å². The van der Waals surface area contributed by atoms with Crippen LogP contribution < -0.4 is 0 Å². The van der Waals surface area contributed by atoms with E-state index in [1.54, 1.807) is 4.90 Å². The van der Waals surface area contributed by atoms with Crippen molar-refractivity contribution in [1.29, 1.82) is 0 Å². The first-order chi connectivity index (χ1) is 8.44. The van der Waals surface area contributed by atoms with Gasteiger partial charge in [-0.3, -0.25) is 4.79 Å². The number of hydrogen-bond donors (Lipinski definition) is 0. The molecule has 2 rings (SSSR count). The molecule has 0 bridgehead atoms. The number of piperidine rings is 1. The summed E-state index contributed by atoms with van der Waals surface area (Å²) in [5, 5.41) is 0. The van der Waals surface area contributed by atoms with Gasteiger partial charge in [-0.25, -0.2) is 4.79 Å². The number of nitrogens with zero attached hydrogens (tertiary/aromatic N) is 1. The highest BCUT2D eigenvalue weighted by atomic mass is 16.6. The fourth-order valence-electron chi connectivity index (χ4n) is 2.91. The molecule has 0 aromatic carbocycles. The Morgan fingerprint density at radius 3 is 2.94 bits per heavy atom. The van der Waals surface area contributed by atoms with Gasteiger partial charge in [-0.2, -0.15) is 0 Å². The lowest BCUT2D eigenvalue weighted by molar-refractivity contribution is -0.144. The highest BCUT2D eigenvalue weighted by molar-refractivity contribution is 5.72. The molecule has 2 fully saturated rings. The topological polar surface area (TPSA) is 55.8 Å². The Bertz CT molecular complexity index is 353. The molecule has 0 N–H and O–H groups in total. The van der Waals surface area contributed by atoms with Crippen LogP contribution in [0.25, 0.3) is 0 Å². The number of ether oxygens (including phenoxy) is 2. The summed E-state index contributed by atoms with van der Waals surface area (Å²) in [6.07, 6.45) is 1.89. The Morgan fingerprint density at radius 1 is 1.56 bits per heavy atom. The average Bonchev–Trinajstić information content (AvgIpc) is 2.50. The summed E-state index contributed by atoms with van der Waals surface area (Å²) in [6, 6.07) is 0.0816. The van der Waals surface area contributed by atoms with Gasteiger partial charge in [0.1, 0.15) is 5.60 Å². The Balaban J connectivity index is 1.97. The number of carbonyl (C=O) groups is 2. The summed E-state index contributed by atoms with van der Waals surface area (Å²) in [7, 11) is 0. The van der Waals surface area contributed by atoms with Gasteiger partial charge in [-0.05, 0) is 39.5 Å². The van der Waals surface area contributed by atoms with Gasteiger partial charge in [-0.15, -0.1) is 0 Å². The van der Waals surface area contributed by atoms with E-state index in [0.29, 0.717) is 25.5 Å². The fourth-order valence-corrected chi connectivity index (χ4v) is 2.91. The number of rotatable bonds is 3. The van der Waals surface area contributed by atoms with Crippen LogP contribution in [0.15, 0.2) is 0 Å². The SMILES string of the molecule is CCOC(=O)CC1CCN2C(=O)OC(C)(C)C2C1. The van der Waals surface area contributed by atoms with Crippen molar-refractivity contribution in [3.05, 3.63) is 0 Å². The average molecular weight is 255 g/mol. The van der Waals surface area contributed by atoms with Gasteiger partial charge < -0.3 is 14.4 Å². The number of hydrogen-bond acceptors (Lipinski definition) is 4. The van der Waals surface area contributed by atoms with Gasteiger partial charge in [-0.1, -0.05) is 0 Å². The number of fused-ring (bicyclic) bond motifs is 1. The third-order valence-electron chi connectivity index (χ3n) is 3.86. The minimum atomic E-state index is -0.454. The van der Waals surface area contributed by atoms with Gasteiger partial charge in [0, 0.05) is 13.0 Å². The molecule has 2 unspecified atom stereocenters. The van der Waals surface area contributed by atoms with Gasteiger partial charge in [0.25, 0.3) is 0 Å². The van der Waals surface area contributed by atoms with Gasteiger partial charge in [0.05, 0.1) is 12.6 Å². The summed E-state index contributed by atoms with van der Waals surface area (Å²) in [4.78, 5) is 25.0. The fraction of sp³-hybridized carbons (Fsp3) is 0.846. The van der Waals surface area contributed by atoms with Crippen LogP contribution in [0.4, 0.5) is 4.79 Å².